The molecule has 0 spiro atoms. The SMILES string of the molecule is CCCCC/C=C\C/C=C\CCCC(CCCCCCCC(=O)NCC(=O)O)OC(=O)CCCCCCCCCCCCCCCCCCCCCCCC. The van der Waals surface area contributed by atoms with Gasteiger partial charge in [0, 0.05) is 12.8 Å². The van der Waals surface area contributed by atoms with Crippen LogP contribution in [0.25, 0.3) is 0 Å². The summed E-state index contributed by atoms with van der Waals surface area (Å²) < 4.78 is 6.02. The van der Waals surface area contributed by atoms with E-state index in [1.165, 1.54) is 154 Å². The number of esters is 1. The average Bonchev–Trinajstić information content (AvgIpc) is 3.17. The smallest absolute Gasteiger partial charge is 0.322 e. The number of carboxylic acid groups (broad SMARTS) is 1. The van der Waals surface area contributed by atoms with E-state index in [0.717, 1.165) is 77.0 Å². The van der Waals surface area contributed by atoms with Crippen LogP contribution in [-0.2, 0) is 19.1 Å². The molecule has 1 unspecified atom stereocenters. The second kappa shape index (κ2) is 44.6. The zero-order valence-corrected chi connectivity index (χ0v) is 36.5. The lowest BCUT2D eigenvalue weighted by atomic mass is 10.0. The van der Waals surface area contributed by atoms with E-state index in [9.17, 15) is 14.4 Å². The van der Waals surface area contributed by atoms with Gasteiger partial charge in [0.15, 0.2) is 0 Å². The van der Waals surface area contributed by atoms with Crippen LogP contribution < -0.4 is 5.32 Å². The summed E-state index contributed by atoms with van der Waals surface area (Å²) in [5.74, 6) is -1.25. The van der Waals surface area contributed by atoms with Gasteiger partial charge in [0.2, 0.25) is 5.91 Å². The third-order valence-electron chi connectivity index (χ3n) is 10.9. The number of hydrogen-bond acceptors (Lipinski definition) is 4. The van der Waals surface area contributed by atoms with Crippen LogP contribution in [0, 0.1) is 0 Å². The Bertz CT molecular complexity index is 900. The topological polar surface area (TPSA) is 92.7 Å². The molecule has 55 heavy (non-hydrogen) atoms. The molecule has 0 saturated carbocycles. The molecule has 0 aliphatic rings. The van der Waals surface area contributed by atoms with Gasteiger partial charge in [0.05, 0.1) is 0 Å². The predicted molar refractivity (Wildman–Crippen MR) is 236 cm³/mol. The van der Waals surface area contributed by atoms with E-state index in [1.54, 1.807) is 0 Å². The monoisotopic (exact) mass is 774 g/mol. The maximum absolute atomic E-state index is 12.8. The van der Waals surface area contributed by atoms with Crippen molar-refractivity contribution in [3.05, 3.63) is 24.3 Å². The number of hydrogen-bond donors (Lipinski definition) is 2. The maximum Gasteiger partial charge on any atom is 0.322 e. The Labute approximate surface area is 341 Å². The highest BCUT2D eigenvalue weighted by Crippen LogP contribution is 2.19. The summed E-state index contributed by atoms with van der Waals surface area (Å²) >= 11 is 0. The van der Waals surface area contributed by atoms with Crippen molar-refractivity contribution in [2.75, 3.05) is 6.54 Å². The molecule has 0 rings (SSSR count). The normalized spacial score (nSPS) is 12.2. The van der Waals surface area contributed by atoms with Gasteiger partial charge in [-0.3, -0.25) is 14.4 Å². The molecule has 6 heteroatoms. The summed E-state index contributed by atoms with van der Waals surface area (Å²) in [6.07, 6.45) is 54.7. The van der Waals surface area contributed by atoms with Crippen molar-refractivity contribution in [1.82, 2.24) is 5.32 Å². The molecule has 0 aromatic heterocycles. The highest BCUT2D eigenvalue weighted by atomic mass is 16.5. The van der Waals surface area contributed by atoms with Gasteiger partial charge in [-0.25, -0.2) is 0 Å². The van der Waals surface area contributed by atoms with E-state index < -0.39 is 5.97 Å². The molecule has 1 amide bonds. The summed E-state index contributed by atoms with van der Waals surface area (Å²) in [4.78, 5) is 35.1. The lowest BCUT2D eigenvalue weighted by Crippen LogP contribution is -2.28. The van der Waals surface area contributed by atoms with Crippen molar-refractivity contribution in [1.29, 1.82) is 0 Å². The van der Waals surface area contributed by atoms with Gasteiger partial charge in [-0.05, 0) is 64.2 Å². The number of allylic oxidation sites excluding steroid dienone is 4. The highest BCUT2D eigenvalue weighted by molar-refractivity contribution is 5.80. The number of nitrogens with one attached hydrogen (secondary N) is 1. The second-order valence-corrected chi connectivity index (χ2v) is 16.4. The third-order valence-corrected chi connectivity index (χ3v) is 10.9. The Kier molecular flexibility index (Phi) is 42.9. The fourth-order valence-electron chi connectivity index (χ4n) is 7.32. The molecular formula is C49H91NO5. The molecule has 0 heterocycles. The quantitative estimate of drug-likeness (QED) is 0.0365. The summed E-state index contributed by atoms with van der Waals surface area (Å²) in [6, 6.07) is 0. The number of carbonyl (C=O) groups is 3. The molecular weight excluding hydrogens is 683 g/mol. The minimum Gasteiger partial charge on any atom is -0.480 e. The number of amides is 1. The van der Waals surface area contributed by atoms with Crippen LogP contribution in [0.15, 0.2) is 24.3 Å². The number of rotatable bonds is 44. The second-order valence-electron chi connectivity index (χ2n) is 16.4. The van der Waals surface area contributed by atoms with Crippen molar-refractivity contribution >= 4 is 17.8 Å². The van der Waals surface area contributed by atoms with Crippen molar-refractivity contribution in [3.8, 4) is 0 Å². The molecule has 0 bridgehead atoms. The fraction of sp³-hybridized carbons (Fsp3) is 0.857. The standard InChI is InChI=1S/C49H91NO5/c1-3-5-7-9-11-13-15-16-17-18-19-20-21-22-23-24-25-27-29-31-36-40-44-49(54)55-46(41-37-33-30-28-26-14-12-10-8-6-4-2)42-38-34-32-35-39-43-47(51)50-45-48(52)53/h12,14,28,30,46H,3-11,13,15-27,29,31-45H2,1-2H3,(H,50,51)(H,52,53)/b14-12-,30-28-. The first-order chi connectivity index (χ1) is 27.0. The van der Waals surface area contributed by atoms with Gasteiger partial charge in [-0.2, -0.15) is 0 Å². The summed E-state index contributed by atoms with van der Waals surface area (Å²) in [7, 11) is 0. The fourth-order valence-corrected chi connectivity index (χ4v) is 7.32. The zero-order valence-electron chi connectivity index (χ0n) is 36.5. The Morgan fingerprint density at radius 3 is 1.33 bits per heavy atom. The van der Waals surface area contributed by atoms with Crippen LogP contribution in [0.1, 0.15) is 258 Å². The van der Waals surface area contributed by atoms with Gasteiger partial charge in [0.1, 0.15) is 12.6 Å². The molecule has 0 radical (unpaired) electrons. The Hall–Kier alpha value is -2.11. The highest BCUT2D eigenvalue weighted by Gasteiger charge is 2.14. The molecule has 0 aliphatic heterocycles. The largest absolute Gasteiger partial charge is 0.480 e. The van der Waals surface area contributed by atoms with Gasteiger partial charge < -0.3 is 15.2 Å². The van der Waals surface area contributed by atoms with Crippen LogP contribution in [0.4, 0.5) is 0 Å². The molecule has 0 saturated heterocycles. The molecule has 0 fully saturated rings. The van der Waals surface area contributed by atoms with E-state index in [2.05, 4.69) is 43.5 Å². The summed E-state index contributed by atoms with van der Waals surface area (Å²) in [6.45, 7) is 4.22. The van der Waals surface area contributed by atoms with Gasteiger partial charge in [-0.15, -0.1) is 0 Å². The van der Waals surface area contributed by atoms with E-state index in [0.29, 0.717) is 12.8 Å². The van der Waals surface area contributed by atoms with Gasteiger partial charge >= 0.3 is 11.9 Å². The predicted octanol–water partition coefficient (Wildman–Crippen LogP) is 15.1. The number of carbonyl (C=O) groups excluding carboxylic acids is 2. The van der Waals surface area contributed by atoms with Crippen LogP contribution in [0.2, 0.25) is 0 Å². The third kappa shape index (κ3) is 44.5. The van der Waals surface area contributed by atoms with Crippen molar-refractivity contribution < 1.29 is 24.2 Å². The number of unbranched alkanes of at least 4 members (excludes halogenated alkanes) is 29. The van der Waals surface area contributed by atoms with Crippen LogP contribution in [0.3, 0.4) is 0 Å². The Balaban J connectivity index is 4.01. The lowest BCUT2D eigenvalue weighted by Gasteiger charge is -2.18. The van der Waals surface area contributed by atoms with Crippen molar-refractivity contribution in [3.63, 3.8) is 0 Å². The van der Waals surface area contributed by atoms with E-state index in [-0.39, 0.29) is 24.5 Å². The molecule has 0 aromatic carbocycles. The van der Waals surface area contributed by atoms with E-state index >= 15 is 0 Å². The molecule has 1 atom stereocenters. The van der Waals surface area contributed by atoms with Gasteiger partial charge in [0.25, 0.3) is 0 Å². The Morgan fingerprint density at radius 1 is 0.473 bits per heavy atom. The number of aliphatic carboxylic acids is 1. The van der Waals surface area contributed by atoms with E-state index in [4.69, 9.17) is 9.84 Å². The van der Waals surface area contributed by atoms with Crippen LogP contribution >= 0.6 is 0 Å². The minimum atomic E-state index is -1.02. The lowest BCUT2D eigenvalue weighted by molar-refractivity contribution is -0.150. The molecule has 2 N–H and O–H groups in total. The van der Waals surface area contributed by atoms with Crippen LogP contribution in [-0.4, -0.2) is 35.6 Å². The van der Waals surface area contributed by atoms with Crippen molar-refractivity contribution in [2.45, 2.75) is 264 Å². The maximum atomic E-state index is 12.8. The first kappa shape index (κ1) is 52.9. The molecule has 322 valence electrons. The minimum absolute atomic E-state index is 0.0131. The first-order valence-corrected chi connectivity index (χ1v) is 24.0. The van der Waals surface area contributed by atoms with Crippen LogP contribution in [0.5, 0.6) is 0 Å². The molecule has 0 aromatic rings. The zero-order chi connectivity index (χ0) is 40.1. The van der Waals surface area contributed by atoms with E-state index in [1.807, 2.05) is 0 Å². The average molecular weight is 774 g/mol. The number of ether oxygens (including phenoxy) is 1. The molecule has 6 nitrogen and oxygen atoms in total. The summed E-state index contributed by atoms with van der Waals surface area (Å²) in [5.41, 5.74) is 0. The summed E-state index contributed by atoms with van der Waals surface area (Å²) in [5, 5.41) is 11.1. The van der Waals surface area contributed by atoms with Gasteiger partial charge in [-0.1, -0.05) is 205 Å². The first-order valence-electron chi connectivity index (χ1n) is 24.0. The van der Waals surface area contributed by atoms with Crippen molar-refractivity contribution in [2.24, 2.45) is 0 Å². The molecule has 0 aliphatic carbocycles. The Morgan fingerprint density at radius 2 is 0.855 bits per heavy atom. The number of carboxylic acids is 1.